The molecule has 23 heavy (non-hydrogen) atoms. The number of nitrogens with zero attached hydrogens (tertiary/aromatic N) is 2. The van der Waals surface area contributed by atoms with Crippen molar-refractivity contribution in [3.05, 3.63) is 49.8 Å². The van der Waals surface area contributed by atoms with Crippen molar-refractivity contribution in [2.45, 2.75) is 24.9 Å². The molecule has 1 heterocycles. The molecule has 8 heteroatoms. The summed E-state index contributed by atoms with van der Waals surface area (Å²) in [6.07, 6.45) is 3.92. The molecule has 2 N–H and O–H groups in total. The van der Waals surface area contributed by atoms with E-state index in [9.17, 15) is 9.90 Å². The van der Waals surface area contributed by atoms with Crippen LogP contribution in [0, 0.1) is 0 Å². The number of hydrogen-bond donors (Lipinski definition) is 2. The Morgan fingerprint density at radius 2 is 2.04 bits per heavy atom. The third-order valence-corrected chi connectivity index (χ3v) is 4.85. The Labute approximate surface area is 147 Å². The summed E-state index contributed by atoms with van der Waals surface area (Å²) in [5.41, 5.74) is -0.440. The first kappa shape index (κ1) is 16.6. The lowest BCUT2D eigenvalue weighted by Gasteiger charge is -2.36. The lowest BCUT2D eigenvalue weighted by atomic mass is 9.80. The van der Waals surface area contributed by atoms with E-state index in [4.69, 9.17) is 34.8 Å². The van der Waals surface area contributed by atoms with E-state index in [-0.39, 0.29) is 5.02 Å². The van der Waals surface area contributed by atoms with E-state index in [1.54, 1.807) is 12.1 Å². The van der Waals surface area contributed by atoms with Gasteiger partial charge in [-0.15, -0.1) is 0 Å². The highest BCUT2D eigenvalue weighted by atomic mass is 35.5. The second-order valence-corrected chi connectivity index (χ2v) is 6.84. The molecule has 0 unspecified atom stereocenters. The number of benzene rings is 1. The lowest BCUT2D eigenvalue weighted by molar-refractivity contribution is -0.0202. The average Bonchev–Trinajstić information content (AvgIpc) is 2.48. The number of aliphatic hydroxyl groups is 1. The maximum absolute atomic E-state index is 12.4. The van der Waals surface area contributed by atoms with Crippen LogP contribution in [0.15, 0.2) is 29.2 Å². The van der Waals surface area contributed by atoms with Gasteiger partial charge in [-0.2, -0.15) is 9.78 Å². The summed E-state index contributed by atoms with van der Waals surface area (Å²) in [5.74, 6) is 0. The van der Waals surface area contributed by atoms with Crippen LogP contribution in [0.5, 0.6) is 0 Å². The van der Waals surface area contributed by atoms with Crippen LogP contribution >= 0.6 is 34.8 Å². The largest absolute Gasteiger partial charge is 0.388 e. The lowest BCUT2D eigenvalue weighted by Crippen LogP contribution is -2.43. The molecule has 0 bridgehead atoms. The zero-order valence-electron chi connectivity index (χ0n) is 12.0. The van der Waals surface area contributed by atoms with Crippen LogP contribution in [0.4, 0.5) is 5.69 Å². The fourth-order valence-electron chi connectivity index (χ4n) is 2.40. The van der Waals surface area contributed by atoms with Gasteiger partial charge in [0.15, 0.2) is 0 Å². The molecule has 1 aliphatic carbocycles. The van der Waals surface area contributed by atoms with E-state index < -0.39 is 11.2 Å². The van der Waals surface area contributed by atoms with Crippen LogP contribution in [-0.4, -0.2) is 27.0 Å². The minimum absolute atomic E-state index is 0.00561. The highest BCUT2D eigenvalue weighted by molar-refractivity contribution is 6.36. The van der Waals surface area contributed by atoms with Gasteiger partial charge in [0.05, 0.1) is 28.2 Å². The summed E-state index contributed by atoms with van der Waals surface area (Å²) in [5, 5.41) is 17.9. The van der Waals surface area contributed by atoms with Crippen LogP contribution in [0.1, 0.15) is 19.3 Å². The van der Waals surface area contributed by atoms with Crippen molar-refractivity contribution in [1.29, 1.82) is 0 Å². The molecule has 0 atom stereocenters. The predicted octanol–water partition coefficient (Wildman–Crippen LogP) is 3.52. The van der Waals surface area contributed by atoms with E-state index >= 15 is 0 Å². The van der Waals surface area contributed by atoms with Crippen molar-refractivity contribution in [3.63, 3.8) is 0 Å². The van der Waals surface area contributed by atoms with Crippen molar-refractivity contribution >= 4 is 40.5 Å². The summed E-state index contributed by atoms with van der Waals surface area (Å²) >= 11 is 18.1. The molecule has 1 aliphatic rings. The third kappa shape index (κ3) is 3.33. The smallest absolute Gasteiger partial charge is 0.292 e. The van der Waals surface area contributed by atoms with E-state index in [1.807, 2.05) is 0 Å². The Morgan fingerprint density at radius 3 is 2.65 bits per heavy atom. The van der Waals surface area contributed by atoms with E-state index in [0.717, 1.165) is 23.9 Å². The minimum Gasteiger partial charge on any atom is -0.388 e. The monoisotopic (exact) mass is 373 g/mol. The van der Waals surface area contributed by atoms with Gasteiger partial charge in [0.2, 0.25) is 0 Å². The molecular weight excluding hydrogens is 361 g/mol. The Bertz CT molecular complexity index is 803. The summed E-state index contributed by atoms with van der Waals surface area (Å²) in [6, 6.07) is 4.74. The number of aromatic nitrogens is 2. The van der Waals surface area contributed by atoms with Crippen molar-refractivity contribution in [3.8, 4) is 5.69 Å². The van der Waals surface area contributed by atoms with Crippen LogP contribution in [0.25, 0.3) is 5.69 Å². The molecule has 1 fully saturated rings. The molecular formula is C15H14Cl3N3O2. The predicted molar refractivity (Wildman–Crippen MR) is 92.2 cm³/mol. The van der Waals surface area contributed by atoms with Gasteiger partial charge in [-0.3, -0.25) is 4.79 Å². The SMILES string of the molecule is O=c1c(Cl)c(NCC2(O)CCC2)cnn1-c1ccc(Cl)cc1Cl. The molecule has 1 saturated carbocycles. The number of nitrogens with one attached hydrogen (secondary N) is 1. The zero-order chi connectivity index (χ0) is 16.6. The topological polar surface area (TPSA) is 67.2 Å². The van der Waals surface area contributed by atoms with Gasteiger partial charge in [0.1, 0.15) is 5.02 Å². The summed E-state index contributed by atoms with van der Waals surface area (Å²) in [4.78, 5) is 12.4. The highest BCUT2D eigenvalue weighted by Crippen LogP contribution is 2.32. The first-order valence-corrected chi connectivity index (χ1v) is 8.22. The number of hydrogen-bond acceptors (Lipinski definition) is 4. The van der Waals surface area contributed by atoms with Gasteiger partial charge < -0.3 is 10.4 Å². The molecule has 0 spiro atoms. The van der Waals surface area contributed by atoms with Crippen LogP contribution in [0.3, 0.4) is 0 Å². The maximum Gasteiger partial charge on any atom is 0.292 e. The second kappa shape index (κ2) is 6.32. The van der Waals surface area contributed by atoms with Gasteiger partial charge in [-0.25, -0.2) is 0 Å². The van der Waals surface area contributed by atoms with Gasteiger partial charge in [0, 0.05) is 11.6 Å². The van der Waals surface area contributed by atoms with E-state index in [2.05, 4.69) is 10.4 Å². The molecule has 0 radical (unpaired) electrons. The van der Waals surface area contributed by atoms with Crippen molar-refractivity contribution in [2.75, 3.05) is 11.9 Å². The van der Waals surface area contributed by atoms with Crippen molar-refractivity contribution in [1.82, 2.24) is 9.78 Å². The number of halogens is 3. The molecule has 2 aromatic rings. The summed E-state index contributed by atoms with van der Waals surface area (Å²) in [6.45, 7) is 0.333. The average molecular weight is 375 g/mol. The van der Waals surface area contributed by atoms with Gasteiger partial charge in [-0.1, -0.05) is 34.8 Å². The third-order valence-electron chi connectivity index (χ3n) is 3.95. The first-order valence-electron chi connectivity index (χ1n) is 7.09. The zero-order valence-corrected chi connectivity index (χ0v) is 14.3. The highest BCUT2D eigenvalue weighted by Gasteiger charge is 2.34. The van der Waals surface area contributed by atoms with E-state index in [0.29, 0.717) is 28.0 Å². The number of anilines is 1. The van der Waals surface area contributed by atoms with Gasteiger partial charge >= 0.3 is 0 Å². The molecule has 1 aromatic carbocycles. The molecule has 0 aliphatic heterocycles. The summed E-state index contributed by atoms with van der Waals surface area (Å²) < 4.78 is 1.12. The Morgan fingerprint density at radius 1 is 1.30 bits per heavy atom. The Kier molecular flexibility index (Phi) is 4.56. The minimum atomic E-state index is -0.725. The second-order valence-electron chi connectivity index (χ2n) is 5.62. The van der Waals surface area contributed by atoms with Crippen molar-refractivity contribution in [2.24, 2.45) is 0 Å². The van der Waals surface area contributed by atoms with Gasteiger partial charge in [0.25, 0.3) is 5.56 Å². The fourth-order valence-corrected chi connectivity index (χ4v) is 3.09. The number of rotatable bonds is 4. The van der Waals surface area contributed by atoms with E-state index in [1.165, 1.54) is 12.3 Å². The molecule has 3 rings (SSSR count). The van der Waals surface area contributed by atoms with Crippen LogP contribution in [-0.2, 0) is 0 Å². The van der Waals surface area contributed by atoms with Gasteiger partial charge in [-0.05, 0) is 37.5 Å². The van der Waals surface area contributed by atoms with Crippen LogP contribution < -0.4 is 10.9 Å². The normalized spacial score (nSPS) is 16.0. The Balaban J connectivity index is 1.89. The molecule has 5 nitrogen and oxygen atoms in total. The molecule has 122 valence electrons. The summed E-state index contributed by atoms with van der Waals surface area (Å²) in [7, 11) is 0. The van der Waals surface area contributed by atoms with Crippen molar-refractivity contribution < 1.29 is 5.11 Å². The molecule has 0 saturated heterocycles. The maximum atomic E-state index is 12.4. The quantitative estimate of drug-likeness (QED) is 0.859. The molecule has 1 aromatic heterocycles. The van der Waals surface area contributed by atoms with Crippen LogP contribution in [0.2, 0.25) is 15.1 Å². The first-order chi connectivity index (χ1) is 10.9. The fraction of sp³-hybridized carbons (Fsp3) is 0.333. The Hall–Kier alpha value is -1.27. The molecule has 0 amide bonds. The standard InChI is InChI=1S/C15H14Cl3N3O2/c16-9-2-3-12(10(17)6-9)21-14(22)13(18)11(7-20-21)19-8-15(23)4-1-5-15/h2-3,6-7,19,23H,1,4-5,8H2.